The zero-order valence-corrected chi connectivity index (χ0v) is 13.3. The summed E-state index contributed by atoms with van der Waals surface area (Å²) in [6.45, 7) is 0. The number of benzene rings is 1. The first-order chi connectivity index (χ1) is 11.4. The van der Waals surface area contributed by atoms with Gasteiger partial charge in [-0.1, -0.05) is 19.3 Å². The van der Waals surface area contributed by atoms with Crippen molar-refractivity contribution in [2.75, 3.05) is 0 Å². The van der Waals surface area contributed by atoms with Gasteiger partial charge in [0.1, 0.15) is 5.82 Å². The summed E-state index contributed by atoms with van der Waals surface area (Å²) < 4.78 is 14.0. The van der Waals surface area contributed by atoms with Crippen LogP contribution in [0.5, 0.6) is 0 Å². The Labute approximate surface area is 139 Å². The molecular formula is C17H21FN2O4. The molecule has 1 aliphatic rings. The summed E-state index contributed by atoms with van der Waals surface area (Å²) in [4.78, 5) is 34.4. The van der Waals surface area contributed by atoms with Crippen LogP contribution in [0.4, 0.5) is 4.39 Å². The summed E-state index contributed by atoms with van der Waals surface area (Å²) in [5.41, 5.74) is 4.79. The van der Waals surface area contributed by atoms with Crippen LogP contribution in [0.15, 0.2) is 18.2 Å². The molecule has 1 aromatic rings. The lowest BCUT2D eigenvalue weighted by molar-refractivity contribution is -0.118. The zero-order chi connectivity index (χ0) is 17.7. The Balaban J connectivity index is 2.14. The van der Waals surface area contributed by atoms with Crippen LogP contribution in [-0.4, -0.2) is 28.9 Å². The predicted octanol–water partition coefficient (Wildman–Crippen LogP) is 2.08. The van der Waals surface area contributed by atoms with Gasteiger partial charge in [0, 0.05) is 12.5 Å². The number of hydrogen-bond acceptors (Lipinski definition) is 3. The summed E-state index contributed by atoms with van der Waals surface area (Å²) in [6.07, 6.45) is 4.95. The second kappa shape index (κ2) is 7.90. The van der Waals surface area contributed by atoms with E-state index in [4.69, 9.17) is 10.8 Å². The molecule has 0 aromatic heterocycles. The topological polar surface area (TPSA) is 109 Å². The highest BCUT2D eigenvalue weighted by molar-refractivity contribution is 5.96. The van der Waals surface area contributed by atoms with Crippen LogP contribution in [0.25, 0.3) is 0 Å². The van der Waals surface area contributed by atoms with E-state index in [0.717, 1.165) is 44.2 Å². The van der Waals surface area contributed by atoms with E-state index in [9.17, 15) is 18.8 Å². The number of carboxylic acids is 1. The van der Waals surface area contributed by atoms with Crippen molar-refractivity contribution in [1.29, 1.82) is 0 Å². The number of nitrogens with one attached hydrogen (secondary N) is 1. The van der Waals surface area contributed by atoms with Crippen molar-refractivity contribution in [3.05, 3.63) is 35.1 Å². The fraction of sp³-hybridized carbons (Fsp3) is 0.471. The van der Waals surface area contributed by atoms with Crippen molar-refractivity contribution in [1.82, 2.24) is 5.32 Å². The molecule has 2 rings (SSSR count). The first kappa shape index (κ1) is 17.9. The Kier molecular flexibility index (Phi) is 5.89. The van der Waals surface area contributed by atoms with Crippen LogP contribution < -0.4 is 11.1 Å². The van der Waals surface area contributed by atoms with Crippen LogP contribution in [0.1, 0.15) is 59.2 Å². The summed E-state index contributed by atoms with van der Waals surface area (Å²) in [6, 6.07) is 2.68. The van der Waals surface area contributed by atoms with Crippen molar-refractivity contribution in [3.8, 4) is 0 Å². The average molecular weight is 336 g/mol. The van der Waals surface area contributed by atoms with Gasteiger partial charge in [0.25, 0.3) is 5.91 Å². The highest BCUT2D eigenvalue weighted by Crippen LogP contribution is 2.28. The van der Waals surface area contributed by atoms with Crippen LogP contribution in [0, 0.1) is 11.7 Å². The maximum absolute atomic E-state index is 14.0. The second-order valence-corrected chi connectivity index (χ2v) is 6.15. The van der Waals surface area contributed by atoms with E-state index in [1.165, 1.54) is 6.07 Å². The lowest BCUT2D eigenvalue weighted by Crippen LogP contribution is -2.43. The first-order valence-electron chi connectivity index (χ1n) is 8.00. The molecule has 7 heteroatoms. The summed E-state index contributed by atoms with van der Waals surface area (Å²) in [7, 11) is 0. The maximum Gasteiger partial charge on any atom is 0.335 e. The third-order valence-corrected chi connectivity index (χ3v) is 4.42. The molecule has 1 atom stereocenters. The Morgan fingerprint density at radius 3 is 2.46 bits per heavy atom. The minimum Gasteiger partial charge on any atom is -0.478 e. The average Bonchev–Trinajstić information content (AvgIpc) is 2.54. The standard InChI is InChI=1S/C17H21FN2O4/c18-13-8-11(17(23)24)6-7-12(13)16(22)20-14(9-15(19)21)10-4-2-1-3-5-10/h6-8,10,14H,1-5,9H2,(H2,19,21)(H,20,22)(H,23,24). The van der Waals surface area contributed by atoms with Crippen molar-refractivity contribution >= 4 is 17.8 Å². The van der Waals surface area contributed by atoms with Crippen molar-refractivity contribution in [2.24, 2.45) is 11.7 Å². The van der Waals surface area contributed by atoms with E-state index in [1.54, 1.807) is 0 Å². The predicted molar refractivity (Wildman–Crippen MR) is 85.0 cm³/mol. The quantitative estimate of drug-likeness (QED) is 0.738. The maximum atomic E-state index is 14.0. The smallest absolute Gasteiger partial charge is 0.335 e. The van der Waals surface area contributed by atoms with Gasteiger partial charge in [0.15, 0.2) is 0 Å². The summed E-state index contributed by atoms with van der Waals surface area (Å²) in [5, 5.41) is 11.5. The van der Waals surface area contributed by atoms with Gasteiger partial charge >= 0.3 is 5.97 Å². The molecular weight excluding hydrogens is 315 g/mol. The molecule has 1 unspecified atom stereocenters. The molecule has 1 aromatic carbocycles. The van der Waals surface area contributed by atoms with Gasteiger partial charge in [-0.3, -0.25) is 9.59 Å². The fourth-order valence-corrected chi connectivity index (χ4v) is 3.17. The van der Waals surface area contributed by atoms with Crippen LogP contribution in [0.2, 0.25) is 0 Å². The zero-order valence-electron chi connectivity index (χ0n) is 13.3. The third-order valence-electron chi connectivity index (χ3n) is 4.42. The molecule has 1 aliphatic carbocycles. The molecule has 0 spiro atoms. The van der Waals surface area contributed by atoms with Gasteiger partial charge in [-0.15, -0.1) is 0 Å². The van der Waals surface area contributed by atoms with E-state index in [1.807, 2.05) is 0 Å². The molecule has 6 nitrogen and oxygen atoms in total. The molecule has 24 heavy (non-hydrogen) atoms. The van der Waals surface area contributed by atoms with Gasteiger partial charge in [-0.25, -0.2) is 9.18 Å². The minimum atomic E-state index is -1.27. The van der Waals surface area contributed by atoms with E-state index >= 15 is 0 Å². The Morgan fingerprint density at radius 2 is 1.92 bits per heavy atom. The highest BCUT2D eigenvalue weighted by atomic mass is 19.1. The molecule has 1 saturated carbocycles. The number of nitrogens with two attached hydrogens (primary N) is 1. The van der Waals surface area contributed by atoms with Crippen LogP contribution in [0.3, 0.4) is 0 Å². The van der Waals surface area contributed by atoms with Gasteiger partial charge in [0.2, 0.25) is 5.91 Å². The van der Waals surface area contributed by atoms with Gasteiger partial charge in [0.05, 0.1) is 11.1 Å². The monoisotopic (exact) mass is 336 g/mol. The third kappa shape index (κ3) is 4.53. The fourth-order valence-electron chi connectivity index (χ4n) is 3.17. The Morgan fingerprint density at radius 1 is 1.25 bits per heavy atom. The van der Waals surface area contributed by atoms with Crippen molar-refractivity contribution < 1.29 is 23.9 Å². The largest absolute Gasteiger partial charge is 0.478 e. The lowest BCUT2D eigenvalue weighted by atomic mass is 9.82. The first-order valence-corrected chi connectivity index (χ1v) is 8.00. The summed E-state index contributed by atoms with van der Waals surface area (Å²) >= 11 is 0. The lowest BCUT2D eigenvalue weighted by Gasteiger charge is -2.30. The molecule has 4 N–H and O–H groups in total. The number of rotatable bonds is 6. The van der Waals surface area contributed by atoms with E-state index in [-0.39, 0.29) is 23.5 Å². The Bertz CT molecular complexity index is 641. The van der Waals surface area contributed by atoms with Crippen LogP contribution >= 0.6 is 0 Å². The second-order valence-electron chi connectivity index (χ2n) is 6.15. The van der Waals surface area contributed by atoms with Gasteiger partial charge in [-0.05, 0) is 37.0 Å². The number of carboxylic acid groups (broad SMARTS) is 1. The number of aromatic carboxylic acids is 1. The number of carbonyl (C=O) groups is 3. The van der Waals surface area contributed by atoms with E-state index < -0.39 is 29.6 Å². The minimum absolute atomic E-state index is 0.00519. The molecule has 0 radical (unpaired) electrons. The number of amides is 2. The number of hydrogen-bond donors (Lipinski definition) is 3. The van der Waals surface area contributed by atoms with Gasteiger partial charge in [-0.2, -0.15) is 0 Å². The molecule has 0 aliphatic heterocycles. The molecule has 2 amide bonds. The van der Waals surface area contributed by atoms with E-state index in [0.29, 0.717) is 0 Å². The van der Waals surface area contributed by atoms with Crippen LogP contribution in [-0.2, 0) is 4.79 Å². The normalized spacial score (nSPS) is 16.4. The number of halogens is 1. The Hall–Kier alpha value is -2.44. The molecule has 0 heterocycles. The number of primary amides is 1. The number of carbonyl (C=O) groups excluding carboxylic acids is 2. The van der Waals surface area contributed by atoms with Crippen molar-refractivity contribution in [3.63, 3.8) is 0 Å². The molecule has 1 fully saturated rings. The summed E-state index contributed by atoms with van der Waals surface area (Å²) in [5.74, 6) is -3.23. The molecule has 0 saturated heterocycles. The highest BCUT2D eigenvalue weighted by Gasteiger charge is 2.27. The van der Waals surface area contributed by atoms with Crippen molar-refractivity contribution in [2.45, 2.75) is 44.6 Å². The SMILES string of the molecule is NC(=O)CC(NC(=O)c1ccc(C(=O)O)cc1F)C1CCCCC1. The van der Waals surface area contributed by atoms with E-state index in [2.05, 4.69) is 5.32 Å². The molecule has 0 bridgehead atoms. The molecule has 130 valence electrons. The van der Waals surface area contributed by atoms with Gasteiger partial charge < -0.3 is 16.2 Å².